The van der Waals surface area contributed by atoms with E-state index in [1.54, 1.807) is 33.3 Å². The van der Waals surface area contributed by atoms with Crippen molar-refractivity contribution in [2.75, 3.05) is 52.9 Å². The molecule has 0 amide bonds. The summed E-state index contributed by atoms with van der Waals surface area (Å²) in [5, 5.41) is 3.73. The van der Waals surface area contributed by atoms with Crippen LogP contribution in [0.15, 0.2) is 30.3 Å². The lowest BCUT2D eigenvalue weighted by atomic mass is 9.82. The molecule has 0 unspecified atom stereocenters. The number of aryl methyl sites for hydroxylation is 1. The highest BCUT2D eigenvalue weighted by Crippen LogP contribution is 2.37. The summed E-state index contributed by atoms with van der Waals surface area (Å²) in [4.78, 5) is 11.2. The van der Waals surface area contributed by atoms with E-state index in [2.05, 4.69) is 20.2 Å². The second-order valence-corrected chi connectivity index (χ2v) is 9.55. The van der Waals surface area contributed by atoms with Crippen LogP contribution in [0.25, 0.3) is 10.9 Å². The summed E-state index contributed by atoms with van der Waals surface area (Å²) in [7, 11) is 5.28. The van der Waals surface area contributed by atoms with E-state index in [1.807, 2.05) is 7.05 Å². The maximum absolute atomic E-state index is 14.8. The summed E-state index contributed by atoms with van der Waals surface area (Å²) in [6.07, 6.45) is 0. The van der Waals surface area contributed by atoms with Crippen LogP contribution >= 0.6 is 0 Å². The van der Waals surface area contributed by atoms with Gasteiger partial charge in [0.25, 0.3) is 5.92 Å². The number of rotatable bonds is 10. The van der Waals surface area contributed by atoms with E-state index in [1.165, 1.54) is 12.1 Å². The van der Waals surface area contributed by atoms with Gasteiger partial charge in [0.15, 0.2) is 11.5 Å². The molecule has 1 aromatic heterocycles. The van der Waals surface area contributed by atoms with Gasteiger partial charge in [0.05, 0.1) is 36.8 Å². The van der Waals surface area contributed by atoms with E-state index in [0.29, 0.717) is 54.2 Å². The third-order valence-electron chi connectivity index (χ3n) is 6.29. The molecule has 194 valence electrons. The van der Waals surface area contributed by atoms with Gasteiger partial charge >= 0.3 is 0 Å². The molecule has 1 aliphatic heterocycles. The summed E-state index contributed by atoms with van der Waals surface area (Å²) in [6.45, 7) is 5.10. The fourth-order valence-electron chi connectivity index (χ4n) is 4.75. The first kappa shape index (κ1) is 26.0. The molecule has 4 rings (SSSR count). The Morgan fingerprint density at radius 1 is 1.11 bits per heavy atom. The van der Waals surface area contributed by atoms with Crippen molar-refractivity contribution in [2.45, 2.75) is 26.3 Å². The Morgan fingerprint density at radius 3 is 2.50 bits per heavy atom. The molecule has 1 N–H and O–H groups in total. The van der Waals surface area contributed by atoms with Gasteiger partial charge in [-0.1, -0.05) is 18.2 Å². The normalized spacial score (nSPS) is 15.6. The van der Waals surface area contributed by atoms with Crippen LogP contribution in [0.2, 0.25) is 0 Å². The number of nitrogens with one attached hydrogen (secondary N) is 1. The van der Waals surface area contributed by atoms with E-state index >= 15 is 0 Å². The number of fused-ring (bicyclic) bond motifs is 1. The molecule has 0 saturated carbocycles. The lowest BCUT2D eigenvalue weighted by molar-refractivity contribution is -0.0674. The molecule has 0 aliphatic carbocycles. The van der Waals surface area contributed by atoms with Crippen molar-refractivity contribution in [3.8, 4) is 11.5 Å². The molecular weight excluding hydrogens is 473 g/mol. The molecule has 0 radical (unpaired) electrons. The Labute approximate surface area is 208 Å². The SMILES string of the molecule is COCC1(COc2cc3c(NCc4cccc(C(C)(F)F)c4F)nc(C)nc3cc2OC)CN(C)C1. The maximum Gasteiger partial charge on any atom is 0.273 e. The number of methoxy groups -OCH3 is 2. The zero-order valence-corrected chi connectivity index (χ0v) is 21.1. The third-order valence-corrected chi connectivity index (χ3v) is 6.29. The van der Waals surface area contributed by atoms with Gasteiger partial charge < -0.3 is 24.4 Å². The fourth-order valence-corrected chi connectivity index (χ4v) is 4.75. The number of benzene rings is 2. The van der Waals surface area contributed by atoms with Crippen molar-refractivity contribution < 1.29 is 27.4 Å². The van der Waals surface area contributed by atoms with Gasteiger partial charge in [-0.2, -0.15) is 0 Å². The molecule has 0 spiro atoms. The molecule has 1 saturated heterocycles. The first-order valence-electron chi connectivity index (χ1n) is 11.6. The second kappa shape index (κ2) is 10.1. The molecular formula is C26H31F3N4O3. The first-order valence-corrected chi connectivity index (χ1v) is 11.6. The quantitative estimate of drug-likeness (QED) is 0.427. The molecule has 2 aromatic carbocycles. The number of aromatic nitrogens is 2. The van der Waals surface area contributed by atoms with Gasteiger partial charge in [-0.15, -0.1) is 0 Å². The average molecular weight is 505 g/mol. The molecule has 7 nitrogen and oxygen atoms in total. The van der Waals surface area contributed by atoms with Crippen LogP contribution < -0.4 is 14.8 Å². The third kappa shape index (κ3) is 5.34. The zero-order chi connectivity index (χ0) is 26.1. The molecule has 1 fully saturated rings. The highest BCUT2D eigenvalue weighted by Gasteiger charge is 2.42. The summed E-state index contributed by atoms with van der Waals surface area (Å²) in [5.74, 6) is -2.25. The van der Waals surface area contributed by atoms with Crippen molar-refractivity contribution in [2.24, 2.45) is 5.41 Å². The molecule has 0 bridgehead atoms. The monoisotopic (exact) mass is 504 g/mol. The van der Waals surface area contributed by atoms with E-state index in [9.17, 15) is 13.2 Å². The van der Waals surface area contributed by atoms with Gasteiger partial charge in [0.2, 0.25) is 0 Å². The summed E-state index contributed by atoms with van der Waals surface area (Å²) < 4.78 is 59.5. The first-order chi connectivity index (χ1) is 17.0. The Morgan fingerprint density at radius 2 is 1.86 bits per heavy atom. The van der Waals surface area contributed by atoms with Crippen molar-refractivity contribution in [3.63, 3.8) is 0 Å². The molecule has 10 heteroatoms. The minimum Gasteiger partial charge on any atom is -0.493 e. The smallest absolute Gasteiger partial charge is 0.273 e. The number of anilines is 1. The topological polar surface area (TPSA) is 68.7 Å². The lowest BCUT2D eigenvalue weighted by Crippen LogP contribution is -2.59. The molecule has 36 heavy (non-hydrogen) atoms. The predicted molar refractivity (Wildman–Crippen MR) is 131 cm³/mol. The number of nitrogens with zero attached hydrogens (tertiary/aromatic N) is 3. The molecule has 3 aromatic rings. The average Bonchev–Trinajstić information content (AvgIpc) is 2.79. The molecule has 0 atom stereocenters. The number of hydrogen-bond donors (Lipinski definition) is 1. The lowest BCUT2D eigenvalue weighted by Gasteiger charge is -2.47. The van der Waals surface area contributed by atoms with Crippen LogP contribution in [0.5, 0.6) is 11.5 Å². The van der Waals surface area contributed by atoms with Gasteiger partial charge in [-0.3, -0.25) is 0 Å². The Bertz CT molecular complexity index is 1240. The Balaban J connectivity index is 1.63. The van der Waals surface area contributed by atoms with Crippen LogP contribution in [0.3, 0.4) is 0 Å². The standard InChI is InChI=1S/C26H31F3N4O3/c1-16-31-20-10-21(35-5)22(36-15-26(14-34-4)12-33(3)13-26)9-18(20)24(32-16)30-11-17-7-6-8-19(23(17)27)25(2,28)29/h6-10H,11-15H2,1-5H3,(H,30,31,32). The zero-order valence-electron chi connectivity index (χ0n) is 21.1. The largest absolute Gasteiger partial charge is 0.493 e. The van der Waals surface area contributed by atoms with Crippen molar-refractivity contribution >= 4 is 16.7 Å². The van der Waals surface area contributed by atoms with Gasteiger partial charge in [-0.05, 0) is 20.0 Å². The van der Waals surface area contributed by atoms with Crippen molar-refractivity contribution in [1.29, 1.82) is 0 Å². The summed E-state index contributed by atoms with van der Waals surface area (Å²) in [6, 6.07) is 7.53. The van der Waals surface area contributed by atoms with Crippen molar-refractivity contribution in [1.82, 2.24) is 14.9 Å². The van der Waals surface area contributed by atoms with E-state index < -0.39 is 17.3 Å². The van der Waals surface area contributed by atoms with Crippen molar-refractivity contribution in [3.05, 3.63) is 53.1 Å². The number of ether oxygens (including phenoxy) is 3. The fraction of sp³-hybridized carbons (Fsp3) is 0.462. The number of alkyl halides is 2. The van der Waals surface area contributed by atoms with E-state index in [4.69, 9.17) is 14.2 Å². The summed E-state index contributed by atoms with van der Waals surface area (Å²) >= 11 is 0. The number of likely N-dealkylation sites (tertiary alicyclic amines) is 1. The van der Waals surface area contributed by atoms with Crippen LogP contribution in [0.1, 0.15) is 23.9 Å². The maximum atomic E-state index is 14.8. The van der Waals surface area contributed by atoms with E-state index in [-0.39, 0.29) is 17.5 Å². The van der Waals surface area contributed by atoms with Gasteiger partial charge in [-0.25, -0.2) is 23.1 Å². The van der Waals surface area contributed by atoms with Crippen LogP contribution in [0.4, 0.5) is 19.0 Å². The number of hydrogen-bond acceptors (Lipinski definition) is 7. The summed E-state index contributed by atoms with van der Waals surface area (Å²) in [5.41, 5.74) is -0.0341. The molecule has 1 aliphatic rings. The highest BCUT2D eigenvalue weighted by molar-refractivity contribution is 5.91. The van der Waals surface area contributed by atoms with Gasteiger partial charge in [0.1, 0.15) is 17.5 Å². The Kier molecular flexibility index (Phi) is 7.28. The van der Waals surface area contributed by atoms with Crippen LogP contribution in [-0.4, -0.2) is 62.4 Å². The minimum absolute atomic E-state index is 0.0349. The Hall–Kier alpha value is -3.11. The van der Waals surface area contributed by atoms with Crippen LogP contribution in [-0.2, 0) is 17.2 Å². The second-order valence-electron chi connectivity index (χ2n) is 9.55. The molecule has 2 heterocycles. The van der Waals surface area contributed by atoms with Gasteiger partial charge in [0, 0.05) is 50.7 Å². The predicted octanol–water partition coefficient (Wildman–Crippen LogP) is 4.77. The highest BCUT2D eigenvalue weighted by atomic mass is 19.3. The van der Waals surface area contributed by atoms with E-state index in [0.717, 1.165) is 19.2 Å². The minimum atomic E-state index is -3.28. The van der Waals surface area contributed by atoms with Crippen LogP contribution in [0, 0.1) is 18.2 Å². The number of halogens is 3.